The molecule has 24 heavy (non-hydrogen) atoms. The number of anilines is 1. The average Bonchev–Trinajstić information content (AvgIpc) is 2.61. The number of nitrogens with one attached hydrogen (secondary N) is 2. The van der Waals surface area contributed by atoms with Crippen molar-refractivity contribution in [3.8, 4) is 11.5 Å². The van der Waals surface area contributed by atoms with Crippen molar-refractivity contribution in [3.05, 3.63) is 53.1 Å². The first-order valence-electron chi connectivity index (χ1n) is 7.59. The molecular formula is C18H21ClN2O3. The fourth-order valence-corrected chi connectivity index (χ4v) is 2.31. The highest BCUT2D eigenvalue weighted by atomic mass is 35.5. The molecule has 128 valence electrons. The number of halogens is 1. The molecule has 0 saturated heterocycles. The molecule has 5 nitrogen and oxygen atoms in total. The van der Waals surface area contributed by atoms with Crippen LogP contribution in [0.3, 0.4) is 0 Å². The van der Waals surface area contributed by atoms with Crippen LogP contribution in [-0.2, 0) is 11.2 Å². The van der Waals surface area contributed by atoms with Gasteiger partial charge < -0.3 is 20.1 Å². The third kappa shape index (κ3) is 5.35. The lowest BCUT2D eigenvalue weighted by atomic mass is 10.1. The Hall–Kier alpha value is -2.40. The second-order valence-electron chi connectivity index (χ2n) is 5.15. The maximum Gasteiger partial charge on any atom is 0.239 e. The minimum absolute atomic E-state index is 0.0816. The lowest BCUT2D eigenvalue weighted by molar-refractivity contribution is -0.119. The topological polar surface area (TPSA) is 59.6 Å². The predicted molar refractivity (Wildman–Crippen MR) is 96.2 cm³/mol. The Morgan fingerprint density at radius 2 is 1.83 bits per heavy atom. The molecule has 0 bridgehead atoms. The Morgan fingerprint density at radius 3 is 2.50 bits per heavy atom. The normalized spacial score (nSPS) is 10.1. The van der Waals surface area contributed by atoms with E-state index in [1.54, 1.807) is 20.3 Å². The van der Waals surface area contributed by atoms with Crippen LogP contribution in [0.15, 0.2) is 42.5 Å². The molecule has 0 unspecified atom stereocenters. The van der Waals surface area contributed by atoms with Gasteiger partial charge in [0.25, 0.3) is 0 Å². The second kappa shape index (κ2) is 9.03. The molecule has 0 aliphatic rings. The fourth-order valence-electron chi connectivity index (χ4n) is 2.18. The van der Waals surface area contributed by atoms with Gasteiger partial charge in [0.15, 0.2) is 0 Å². The summed E-state index contributed by atoms with van der Waals surface area (Å²) in [5.41, 5.74) is 1.87. The van der Waals surface area contributed by atoms with Crippen LogP contribution in [0.5, 0.6) is 11.5 Å². The Balaban J connectivity index is 1.77. The number of rotatable bonds is 8. The number of carbonyl (C=O) groups is 1. The van der Waals surface area contributed by atoms with Gasteiger partial charge in [0, 0.05) is 17.6 Å². The van der Waals surface area contributed by atoms with Gasteiger partial charge in [-0.3, -0.25) is 4.79 Å². The molecule has 2 N–H and O–H groups in total. The number of hydrogen-bond acceptors (Lipinski definition) is 4. The van der Waals surface area contributed by atoms with Crippen LogP contribution in [0.4, 0.5) is 5.69 Å². The van der Waals surface area contributed by atoms with Crippen LogP contribution in [0.1, 0.15) is 5.56 Å². The van der Waals surface area contributed by atoms with E-state index >= 15 is 0 Å². The third-order valence-corrected chi connectivity index (χ3v) is 3.75. The van der Waals surface area contributed by atoms with E-state index in [1.165, 1.54) is 0 Å². The number of hydrogen-bond donors (Lipinski definition) is 2. The van der Waals surface area contributed by atoms with E-state index in [0.717, 1.165) is 17.7 Å². The van der Waals surface area contributed by atoms with Crippen molar-refractivity contribution < 1.29 is 14.3 Å². The van der Waals surface area contributed by atoms with Gasteiger partial charge in [-0.25, -0.2) is 0 Å². The average molecular weight is 349 g/mol. The van der Waals surface area contributed by atoms with Crippen LogP contribution < -0.4 is 20.1 Å². The molecule has 0 aromatic heterocycles. The molecule has 0 atom stereocenters. The smallest absolute Gasteiger partial charge is 0.239 e. The number of benzene rings is 2. The molecule has 6 heteroatoms. The fraction of sp³-hybridized carbons (Fsp3) is 0.278. The van der Waals surface area contributed by atoms with Crippen molar-refractivity contribution in [1.82, 2.24) is 5.32 Å². The maximum atomic E-state index is 11.9. The molecule has 0 heterocycles. The first-order valence-corrected chi connectivity index (χ1v) is 7.97. The molecule has 1 amide bonds. The Morgan fingerprint density at radius 1 is 1.08 bits per heavy atom. The molecule has 2 rings (SSSR count). The number of amides is 1. The predicted octanol–water partition coefficient (Wildman–Crippen LogP) is 3.13. The number of ether oxygens (including phenoxy) is 2. The van der Waals surface area contributed by atoms with Crippen LogP contribution >= 0.6 is 11.6 Å². The van der Waals surface area contributed by atoms with Gasteiger partial charge in [-0.05, 0) is 36.2 Å². The molecule has 0 saturated carbocycles. The quantitative estimate of drug-likeness (QED) is 0.769. The van der Waals surface area contributed by atoms with Crippen molar-refractivity contribution in [1.29, 1.82) is 0 Å². The van der Waals surface area contributed by atoms with Gasteiger partial charge >= 0.3 is 0 Å². The van der Waals surface area contributed by atoms with Gasteiger partial charge in [-0.15, -0.1) is 0 Å². The van der Waals surface area contributed by atoms with Crippen LogP contribution in [0, 0.1) is 0 Å². The zero-order valence-corrected chi connectivity index (χ0v) is 14.5. The van der Waals surface area contributed by atoms with Gasteiger partial charge in [0.2, 0.25) is 5.91 Å². The molecular weight excluding hydrogens is 328 g/mol. The van der Waals surface area contributed by atoms with Crippen molar-refractivity contribution in [2.75, 3.05) is 32.6 Å². The Kier molecular flexibility index (Phi) is 6.75. The van der Waals surface area contributed by atoms with Crippen LogP contribution in [0.2, 0.25) is 5.02 Å². The lowest BCUT2D eigenvalue weighted by Gasteiger charge is -2.12. The maximum absolute atomic E-state index is 11.9. The molecule has 0 radical (unpaired) electrons. The van der Waals surface area contributed by atoms with Gasteiger partial charge in [0.1, 0.15) is 11.5 Å². The Labute approximate surface area is 146 Å². The first kappa shape index (κ1) is 17.9. The summed E-state index contributed by atoms with van der Waals surface area (Å²) in [5.74, 6) is 1.25. The van der Waals surface area contributed by atoms with E-state index in [1.807, 2.05) is 36.4 Å². The summed E-state index contributed by atoms with van der Waals surface area (Å²) in [6.07, 6.45) is 0.759. The summed E-state index contributed by atoms with van der Waals surface area (Å²) in [7, 11) is 3.17. The van der Waals surface area contributed by atoms with E-state index in [9.17, 15) is 4.79 Å². The van der Waals surface area contributed by atoms with Gasteiger partial charge in [-0.2, -0.15) is 0 Å². The summed E-state index contributed by atoms with van der Waals surface area (Å²) in [6, 6.07) is 13.0. The van der Waals surface area contributed by atoms with E-state index in [2.05, 4.69) is 10.6 Å². The zero-order chi connectivity index (χ0) is 17.4. The van der Waals surface area contributed by atoms with E-state index in [4.69, 9.17) is 21.1 Å². The van der Waals surface area contributed by atoms with Gasteiger partial charge in [0.05, 0.1) is 26.5 Å². The minimum atomic E-state index is -0.0816. The van der Waals surface area contributed by atoms with Crippen LogP contribution in [-0.4, -0.2) is 33.2 Å². The number of carbonyl (C=O) groups excluding carboxylic acids is 1. The molecule has 2 aromatic carbocycles. The van der Waals surface area contributed by atoms with Crippen molar-refractivity contribution in [3.63, 3.8) is 0 Å². The molecule has 0 fully saturated rings. The van der Waals surface area contributed by atoms with Crippen molar-refractivity contribution in [2.45, 2.75) is 6.42 Å². The van der Waals surface area contributed by atoms with Crippen LogP contribution in [0.25, 0.3) is 0 Å². The van der Waals surface area contributed by atoms with E-state index < -0.39 is 0 Å². The highest BCUT2D eigenvalue weighted by Crippen LogP contribution is 2.28. The first-order chi connectivity index (χ1) is 11.6. The SMILES string of the molecule is COc1ccc(NCC(=O)NCCc2ccc(Cl)cc2)c(OC)c1. The highest BCUT2D eigenvalue weighted by Gasteiger charge is 2.07. The van der Waals surface area contributed by atoms with Crippen molar-refractivity contribution in [2.24, 2.45) is 0 Å². The molecule has 0 spiro atoms. The van der Waals surface area contributed by atoms with Crippen molar-refractivity contribution >= 4 is 23.2 Å². The third-order valence-electron chi connectivity index (χ3n) is 3.50. The summed E-state index contributed by atoms with van der Waals surface area (Å²) in [6.45, 7) is 0.741. The monoisotopic (exact) mass is 348 g/mol. The molecule has 0 aliphatic heterocycles. The highest BCUT2D eigenvalue weighted by molar-refractivity contribution is 6.30. The van der Waals surface area contributed by atoms with E-state index in [-0.39, 0.29) is 12.5 Å². The van der Waals surface area contributed by atoms with E-state index in [0.29, 0.717) is 23.1 Å². The zero-order valence-electron chi connectivity index (χ0n) is 13.8. The summed E-state index contributed by atoms with van der Waals surface area (Å²) >= 11 is 5.84. The summed E-state index contributed by atoms with van der Waals surface area (Å²) < 4.78 is 10.4. The summed E-state index contributed by atoms with van der Waals surface area (Å²) in [4.78, 5) is 11.9. The molecule has 0 aliphatic carbocycles. The minimum Gasteiger partial charge on any atom is -0.497 e. The second-order valence-corrected chi connectivity index (χ2v) is 5.58. The lowest BCUT2D eigenvalue weighted by Crippen LogP contribution is -2.31. The standard InChI is InChI=1S/C18H21ClN2O3/c1-23-15-7-8-16(17(11-15)24-2)21-12-18(22)20-10-9-13-3-5-14(19)6-4-13/h3-8,11,21H,9-10,12H2,1-2H3,(H,20,22). The largest absolute Gasteiger partial charge is 0.497 e. The molecule has 2 aromatic rings. The number of methoxy groups -OCH3 is 2. The Bertz CT molecular complexity index is 674. The van der Waals surface area contributed by atoms with Gasteiger partial charge in [-0.1, -0.05) is 23.7 Å². The summed E-state index contributed by atoms with van der Waals surface area (Å²) in [5, 5.41) is 6.65.